The molecule has 0 spiro atoms. The molecule has 2 aromatic rings. The van der Waals surface area contributed by atoms with Crippen LogP contribution in [-0.4, -0.2) is 62.5 Å². The zero-order chi connectivity index (χ0) is 21.1. The first kappa shape index (κ1) is 19.4. The van der Waals surface area contributed by atoms with Crippen LogP contribution < -0.4 is 4.74 Å². The monoisotopic (exact) mass is 400 g/mol. The van der Waals surface area contributed by atoms with E-state index in [0.29, 0.717) is 0 Å². The molecule has 4 rings (SSSR count). The minimum absolute atomic E-state index is 0.00441. The van der Waals surface area contributed by atoms with Gasteiger partial charge in [0.2, 0.25) is 5.78 Å². The normalized spacial score (nSPS) is 21.2. The Balaban J connectivity index is 1.95. The Morgan fingerprint density at radius 1 is 1.07 bits per heavy atom. The first-order valence-corrected chi connectivity index (χ1v) is 9.12. The lowest BCUT2D eigenvalue weighted by Gasteiger charge is -2.38. The van der Waals surface area contributed by atoms with Crippen molar-refractivity contribution in [2.75, 3.05) is 13.7 Å². The molecule has 152 valence electrons. The van der Waals surface area contributed by atoms with Crippen LogP contribution in [0.25, 0.3) is 0 Å². The average molecular weight is 400 g/mol. The van der Waals surface area contributed by atoms with Crippen molar-refractivity contribution in [2.24, 2.45) is 0 Å². The van der Waals surface area contributed by atoms with Crippen molar-refractivity contribution in [1.29, 1.82) is 0 Å². The molecular formula is C21H20O8. The standard InChI is InChI=1S/C21H20O8/c1-29-12-4-2-3-10-14(12)20(27)16-15(18(10)25)19(26)11-7-21(28,13(23)8-22)6-5-9(11)17(16)24/h2-4,13,22-24,26,28H,5-8H2,1H3/t13-,21-/m0/s1. The molecule has 8 nitrogen and oxygen atoms in total. The van der Waals surface area contributed by atoms with Gasteiger partial charge >= 0.3 is 0 Å². The molecule has 0 bridgehead atoms. The SMILES string of the molecule is COc1cccc2c1C(=O)c1c(O)c3c(c(O)c1C2=O)C[C@](O)([C@@H](O)CO)CC3. The van der Waals surface area contributed by atoms with Gasteiger partial charge in [0.25, 0.3) is 0 Å². The number of aliphatic hydroxyl groups excluding tert-OH is 2. The second-order valence-electron chi connectivity index (χ2n) is 7.42. The highest BCUT2D eigenvalue weighted by Gasteiger charge is 2.45. The Morgan fingerprint density at radius 2 is 1.72 bits per heavy atom. The van der Waals surface area contributed by atoms with E-state index in [1.807, 2.05) is 0 Å². The number of ketones is 2. The minimum atomic E-state index is -1.73. The predicted octanol–water partition coefficient (Wildman–Crippen LogP) is 0.455. The summed E-state index contributed by atoms with van der Waals surface area (Å²) in [5.74, 6) is -2.05. The largest absolute Gasteiger partial charge is 0.507 e. The lowest BCUT2D eigenvalue weighted by molar-refractivity contribution is -0.102. The fraction of sp³-hybridized carbons (Fsp3) is 0.333. The van der Waals surface area contributed by atoms with E-state index in [9.17, 15) is 35.1 Å². The van der Waals surface area contributed by atoms with Gasteiger partial charge in [-0.05, 0) is 18.9 Å². The molecule has 0 heterocycles. The molecule has 8 heteroatoms. The van der Waals surface area contributed by atoms with E-state index < -0.39 is 41.4 Å². The van der Waals surface area contributed by atoms with Crippen LogP contribution >= 0.6 is 0 Å². The molecule has 0 unspecified atom stereocenters. The zero-order valence-corrected chi connectivity index (χ0v) is 15.6. The smallest absolute Gasteiger partial charge is 0.202 e. The Morgan fingerprint density at radius 3 is 2.38 bits per heavy atom. The van der Waals surface area contributed by atoms with Gasteiger partial charge in [-0.2, -0.15) is 0 Å². The lowest BCUT2D eigenvalue weighted by Crippen LogP contribution is -2.48. The van der Waals surface area contributed by atoms with Gasteiger partial charge in [0.15, 0.2) is 5.78 Å². The molecule has 2 aliphatic rings. The van der Waals surface area contributed by atoms with Crippen LogP contribution in [0.3, 0.4) is 0 Å². The van der Waals surface area contributed by atoms with Gasteiger partial charge in [0.05, 0.1) is 36.0 Å². The van der Waals surface area contributed by atoms with Gasteiger partial charge in [-0.1, -0.05) is 12.1 Å². The molecule has 0 saturated carbocycles. The van der Waals surface area contributed by atoms with Crippen molar-refractivity contribution in [3.63, 3.8) is 0 Å². The molecule has 0 radical (unpaired) electrons. The summed E-state index contributed by atoms with van der Waals surface area (Å²) in [4.78, 5) is 26.2. The van der Waals surface area contributed by atoms with Gasteiger partial charge in [-0.3, -0.25) is 9.59 Å². The summed E-state index contributed by atoms with van der Waals surface area (Å²) in [5, 5.41) is 51.6. The summed E-state index contributed by atoms with van der Waals surface area (Å²) in [7, 11) is 1.36. The van der Waals surface area contributed by atoms with Gasteiger partial charge in [-0.15, -0.1) is 0 Å². The average Bonchev–Trinajstić information content (AvgIpc) is 2.73. The summed E-state index contributed by atoms with van der Waals surface area (Å²) in [6, 6.07) is 4.50. The highest BCUT2D eigenvalue weighted by Crippen LogP contribution is 2.48. The Kier molecular flexibility index (Phi) is 4.38. The number of aliphatic hydroxyl groups is 3. The molecule has 5 N–H and O–H groups in total. The minimum Gasteiger partial charge on any atom is -0.507 e. The number of phenols is 2. The number of rotatable bonds is 3. The zero-order valence-electron chi connectivity index (χ0n) is 15.6. The summed E-state index contributed by atoms with van der Waals surface area (Å²) in [6.45, 7) is -0.686. The lowest BCUT2D eigenvalue weighted by atomic mass is 9.72. The van der Waals surface area contributed by atoms with Gasteiger partial charge in [-0.25, -0.2) is 0 Å². The molecule has 0 fully saturated rings. The molecule has 0 aliphatic heterocycles. The van der Waals surface area contributed by atoms with Crippen LogP contribution in [0.2, 0.25) is 0 Å². The quantitative estimate of drug-likeness (QED) is 0.399. The molecule has 0 amide bonds. The second kappa shape index (κ2) is 6.55. The molecule has 2 aliphatic carbocycles. The number of methoxy groups -OCH3 is 1. The molecule has 2 atom stereocenters. The first-order chi connectivity index (χ1) is 13.7. The molecular weight excluding hydrogens is 380 g/mol. The molecule has 2 aromatic carbocycles. The van der Waals surface area contributed by atoms with Crippen molar-refractivity contribution in [3.05, 3.63) is 51.6 Å². The molecule has 0 aromatic heterocycles. The maximum absolute atomic E-state index is 13.1. The van der Waals surface area contributed by atoms with E-state index in [4.69, 9.17) is 4.74 Å². The molecule has 0 saturated heterocycles. The van der Waals surface area contributed by atoms with Crippen LogP contribution in [0.1, 0.15) is 49.4 Å². The third kappa shape index (κ3) is 2.57. The van der Waals surface area contributed by atoms with E-state index >= 15 is 0 Å². The van der Waals surface area contributed by atoms with E-state index in [-0.39, 0.29) is 58.4 Å². The number of benzene rings is 2. The van der Waals surface area contributed by atoms with Crippen LogP contribution in [-0.2, 0) is 12.8 Å². The number of hydrogen-bond donors (Lipinski definition) is 5. The summed E-state index contributed by atoms with van der Waals surface area (Å²) in [5.41, 5.74) is -2.00. The fourth-order valence-electron chi connectivity index (χ4n) is 4.30. The summed E-state index contributed by atoms with van der Waals surface area (Å²) >= 11 is 0. The summed E-state index contributed by atoms with van der Waals surface area (Å²) in [6.07, 6.45) is -1.72. The fourth-order valence-corrected chi connectivity index (χ4v) is 4.30. The summed E-state index contributed by atoms with van der Waals surface area (Å²) < 4.78 is 5.19. The van der Waals surface area contributed by atoms with Gasteiger partial charge < -0.3 is 30.3 Å². The number of carbonyl (C=O) groups excluding carboxylic acids is 2. The van der Waals surface area contributed by atoms with Crippen molar-refractivity contribution in [2.45, 2.75) is 31.0 Å². The maximum atomic E-state index is 13.1. The highest BCUT2D eigenvalue weighted by molar-refractivity contribution is 6.31. The van der Waals surface area contributed by atoms with Gasteiger partial charge in [0, 0.05) is 23.1 Å². The number of fused-ring (bicyclic) bond motifs is 3. The van der Waals surface area contributed by atoms with E-state index in [2.05, 4.69) is 0 Å². The van der Waals surface area contributed by atoms with E-state index in [0.717, 1.165) is 0 Å². The second-order valence-corrected chi connectivity index (χ2v) is 7.42. The Hall–Kier alpha value is -2.94. The van der Waals surface area contributed by atoms with Crippen LogP contribution in [0, 0.1) is 0 Å². The Labute approximate surface area is 165 Å². The van der Waals surface area contributed by atoms with Crippen LogP contribution in [0.4, 0.5) is 0 Å². The molecule has 29 heavy (non-hydrogen) atoms. The first-order valence-electron chi connectivity index (χ1n) is 9.12. The number of hydrogen-bond acceptors (Lipinski definition) is 8. The van der Waals surface area contributed by atoms with Crippen molar-refractivity contribution in [1.82, 2.24) is 0 Å². The Bertz CT molecular complexity index is 1060. The maximum Gasteiger partial charge on any atom is 0.202 e. The van der Waals surface area contributed by atoms with Crippen molar-refractivity contribution < 1.29 is 39.9 Å². The van der Waals surface area contributed by atoms with Gasteiger partial charge in [0.1, 0.15) is 23.4 Å². The third-order valence-electron chi connectivity index (χ3n) is 5.92. The van der Waals surface area contributed by atoms with Crippen molar-refractivity contribution >= 4 is 11.6 Å². The highest BCUT2D eigenvalue weighted by atomic mass is 16.5. The number of aromatic hydroxyl groups is 2. The van der Waals surface area contributed by atoms with E-state index in [1.165, 1.54) is 19.2 Å². The predicted molar refractivity (Wildman–Crippen MR) is 99.7 cm³/mol. The number of ether oxygens (including phenoxy) is 1. The number of phenolic OH excluding ortho intramolecular Hbond substituents is 2. The van der Waals surface area contributed by atoms with E-state index in [1.54, 1.807) is 6.07 Å². The van der Waals surface area contributed by atoms with Crippen LogP contribution in [0.15, 0.2) is 18.2 Å². The third-order valence-corrected chi connectivity index (χ3v) is 5.92. The van der Waals surface area contributed by atoms with Crippen LogP contribution in [0.5, 0.6) is 17.2 Å². The topological polar surface area (TPSA) is 145 Å². The van der Waals surface area contributed by atoms with Crippen molar-refractivity contribution in [3.8, 4) is 17.2 Å². The number of carbonyl (C=O) groups is 2.